The van der Waals surface area contributed by atoms with Gasteiger partial charge in [-0.05, 0) is 28.7 Å². The Morgan fingerprint density at radius 1 is 1.33 bits per heavy atom. The highest BCUT2D eigenvalue weighted by Gasteiger charge is 2.39. The second-order valence-electron chi connectivity index (χ2n) is 2.50. The van der Waals surface area contributed by atoms with E-state index in [2.05, 4.69) is 4.98 Å². The monoisotopic (exact) mass is 357 g/mol. The van der Waals surface area contributed by atoms with Crippen LogP contribution in [-0.2, 0) is 6.18 Å². The number of rotatable bonds is 1. The van der Waals surface area contributed by atoms with Crippen molar-refractivity contribution < 1.29 is 22.0 Å². The van der Waals surface area contributed by atoms with E-state index in [-0.39, 0.29) is 5.15 Å². The van der Waals surface area contributed by atoms with E-state index in [9.17, 15) is 22.0 Å². The van der Waals surface area contributed by atoms with Crippen LogP contribution in [-0.4, -0.2) is 4.98 Å². The molecule has 0 saturated heterocycles. The Bertz CT molecular complexity index is 378. The highest BCUT2D eigenvalue weighted by atomic mass is 127. The number of aromatic nitrogens is 1. The van der Waals surface area contributed by atoms with Gasteiger partial charge in [0.25, 0.3) is 6.43 Å². The maximum absolute atomic E-state index is 12.4. The van der Waals surface area contributed by atoms with E-state index < -0.39 is 27.4 Å². The highest BCUT2D eigenvalue weighted by Crippen LogP contribution is 2.39. The minimum atomic E-state index is -4.86. The fourth-order valence-electron chi connectivity index (χ4n) is 0.954. The average Bonchev–Trinajstić information content (AvgIpc) is 1.99. The van der Waals surface area contributed by atoms with Crippen LogP contribution in [0.3, 0.4) is 0 Å². The summed E-state index contributed by atoms with van der Waals surface area (Å²) in [4.78, 5) is 3.28. The van der Waals surface area contributed by atoms with Gasteiger partial charge >= 0.3 is 6.18 Å². The molecule has 15 heavy (non-hydrogen) atoms. The molecule has 0 aromatic carbocycles. The van der Waals surface area contributed by atoms with Gasteiger partial charge in [-0.3, -0.25) is 0 Å². The fraction of sp³-hybridized carbons (Fsp3) is 0.286. The van der Waals surface area contributed by atoms with E-state index in [1.54, 1.807) is 0 Å². The molecule has 0 atom stereocenters. The van der Waals surface area contributed by atoms with Crippen LogP contribution in [0.5, 0.6) is 0 Å². The number of halogens is 7. The Kier molecular flexibility index (Phi) is 3.75. The van der Waals surface area contributed by atoms with Crippen molar-refractivity contribution in [2.24, 2.45) is 0 Å². The minimum Gasteiger partial charge on any atom is -0.230 e. The SMILES string of the molecule is FC(F)c1cc(Cl)nc(I)c1C(F)(F)F. The lowest BCUT2D eigenvalue weighted by molar-refractivity contribution is -0.140. The van der Waals surface area contributed by atoms with Gasteiger partial charge in [0.1, 0.15) is 8.85 Å². The van der Waals surface area contributed by atoms with Crippen molar-refractivity contribution in [3.8, 4) is 0 Å². The maximum Gasteiger partial charge on any atom is 0.419 e. The van der Waals surface area contributed by atoms with Gasteiger partial charge in [0.05, 0.1) is 5.56 Å². The molecule has 0 aliphatic heterocycles. The number of nitrogens with zero attached hydrogens (tertiary/aromatic N) is 1. The number of hydrogen-bond acceptors (Lipinski definition) is 1. The molecular weight excluding hydrogens is 355 g/mol. The van der Waals surface area contributed by atoms with Crippen molar-refractivity contribution >= 4 is 34.2 Å². The molecule has 1 aromatic heterocycles. The lowest BCUT2D eigenvalue weighted by Crippen LogP contribution is -2.13. The molecule has 1 aromatic rings. The van der Waals surface area contributed by atoms with Crippen molar-refractivity contribution in [1.29, 1.82) is 0 Å². The summed E-state index contributed by atoms with van der Waals surface area (Å²) in [5.41, 5.74) is -2.57. The van der Waals surface area contributed by atoms with E-state index in [0.29, 0.717) is 6.07 Å². The summed E-state index contributed by atoms with van der Waals surface area (Å²) in [5, 5.41) is -0.386. The van der Waals surface area contributed by atoms with E-state index in [4.69, 9.17) is 11.6 Å². The van der Waals surface area contributed by atoms with E-state index in [0.717, 1.165) is 0 Å². The first-order chi connectivity index (χ1) is 6.73. The van der Waals surface area contributed by atoms with Gasteiger partial charge in [-0.2, -0.15) is 13.2 Å². The lowest BCUT2D eigenvalue weighted by atomic mass is 10.1. The predicted octanol–water partition coefficient (Wildman–Crippen LogP) is 4.30. The second-order valence-corrected chi connectivity index (χ2v) is 3.91. The summed E-state index contributed by atoms with van der Waals surface area (Å²) < 4.78 is 61.2. The first-order valence-corrected chi connectivity index (χ1v) is 4.90. The zero-order chi connectivity index (χ0) is 11.8. The zero-order valence-corrected chi connectivity index (χ0v) is 9.66. The Labute approximate surface area is 99.8 Å². The van der Waals surface area contributed by atoms with Crippen LogP contribution in [0.2, 0.25) is 5.15 Å². The smallest absolute Gasteiger partial charge is 0.230 e. The van der Waals surface area contributed by atoms with Crippen molar-refractivity contribution in [1.82, 2.24) is 4.98 Å². The molecule has 0 radical (unpaired) electrons. The fourth-order valence-corrected chi connectivity index (χ4v) is 2.18. The van der Waals surface area contributed by atoms with Gasteiger partial charge in [0.2, 0.25) is 0 Å². The summed E-state index contributed by atoms with van der Waals surface area (Å²) in [6, 6.07) is 0.525. The van der Waals surface area contributed by atoms with E-state index in [1.807, 2.05) is 0 Å². The van der Waals surface area contributed by atoms with E-state index in [1.165, 1.54) is 22.6 Å². The Balaban J connectivity index is 3.48. The molecule has 0 N–H and O–H groups in total. The number of pyridine rings is 1. The van der Waals surface area contributed by atoms with Crippen molar-refractivity contribution in [2.45, 2.75) is 12.6 Å². The molecule has 0 unspecified atom stereocenters. The summed E-state index contributed by atoms with van der Waals surface area (Å²) >= 11 is 6.52. The van der Waals surface area contributed by atoms with Crippen LogP contribution in [0.4, 0.5) is 22.0 Å². The zero-order valence-electron chi connectivity index (χ0n) is 6.75. The Hall–Kier alpha value is -0.180. The topological polar surface area (TPSA) is 12.9 Å². The quantitative estimate of drug-likeness (QED) is 0.415. The van der Waals surface area contributed by atoms with Crippen LogP contribution in [0.25, 0.3) is 0 Å². The van der Waals surface area contributed by atoms with Gasteiger partial charge in [-0.1, -0.05) is 11.6 Å². The molecule has 0 bridgehead atoms. The minimum absolute atomic E-state index is 0.386. The number of hydrogen-bond donors (Lipinski definition) is 0. The molecule has 0 saturated carbocycles. The molecule has 0 fully saturated rings. The summed E-state index contributed by atoms with van der Waals surface area (Å²) in [6.45, 7) is 0. The van der Waals surface area contributed by atoms with Crippen LogP contribution >= 0.6 is 34.2 Å². The molecular formula is C7H2ClF5IN. The van der Waals surface area contributed by atoms with Crippen LogP contribution in [0.1, 0.15) is 17.6 Å². The number of alkyl halides is 5. The van der Waals surface area contributed by atoms with Crippen molar-refractivity contribution in [2.75, 3.05) is 0 Å². The Morgan fingerprint density at radius 3 is 2.27 bits per heavy atom. The summed E-state index contributed by atoms with van der Waals surface area (Å²) in [5.74, 6) is 0. The summed E-state index contributed by atoms with van der Waals surface area (Å²) in [7, 11) is 0. The third-order valence-corrected chi connectivity index (χ3v) is 2.47. The van der Waals surface area contributed by atoms with Gasteiger partial charge in [0, 0.05) is 5.56 Å². The molecule has 0 aliphatic rings. The van der Waals surface area contributed by atoms with Crippen LogP contribution < -0.4 is 0 Å². The third kappa shape index (κ3) is 2.90. The standard InChI is InChI=1S/C7H2ClF5IN/c8-3-1-2(5(9)10)4(6(14)15-3)7(11,12)13/h1,5H. The third-order valence-electron chi connectivity index (χ3n) is 1.49. The highest BCUT2D eigenvalue weighted by molar-refractivity contribution is 14.1. The van der Waals surface area contributed by atoms with Crippen LogP contribution in [0.15, 0.2) is 6.07 Å². The van der Waals surface area contributed by atoms with Crippen LogP contribution in [0, 0.1) is 3.70 Å². The normalized spacial score (nSPS) is 12.3. The van der Waals surface area contributed by atoms with Crippen molar-refractivity contribution in [3.05, 3.63) is 26.0 Å². The molecule has 0 aliphatic carbocycles. The molecule has 0 spiro atoms. The average molecular weight is 357 g/mol. The first-order valence-electron chi connectivity index (χ1n) is 3.44. The molecule has 0 amide bonds. The lowest BCUT2D eigenvalue weighted by Gasteiger charge is -2.13. The maximum atomic E-state index is 12.4. The molecule has 8 heteroatoms. The van der Waals surface area contributed by atoms with Gasteiger partial charge in [-0.15, -0.1) is 0 Å². The molecule has 84 valence electrons. The van der Waals surface area contributed by atoms with Gasteiger partial charge < -0.3 is 0 Å². The summed E-state index contributed by atoms with van der Waals surface area (Å²) in [6.07, 6.45) is -8.10. The van der Waals surface area contributed by atoms with E-state index >= 15 is 0 Å². The second kappa shape index (κ2) is 4.36. The predicted molar refractivity (Wildman–Crippen MR) is 51.9 cm³/mol. The van der Waals surface area contributed by atoms with Gasteiger partial charge in [-0.25, -0.2) is 13.8 Å². The largest absolute Gasteiger partial charge is 0.419 e. The molecule has 1 rings (SSSR count). The van der Waals surface area contributed by atoms with Crippen molar-refractivity contribution in [3.63, 3.8) is 0 Å². The Morgan fingerprint density at radius 2 is 1.87 bits per heavy atom. The molecule has 1 heterocycles. The van der Waals surface area contributed by atoms with Gasteiger partial charge in [0.15, 0.2) is 0 Å². The molecule has 1 nitrogen and oxygen atoms in total. The first kappa shape index (κ1) is 12.9.